The molecule has 1 aliphatic carbocycles. The SMILES string of the molecule is CC1CCC(COc2ccc(OC(=O)c3ccccc3)c(F)c2Cl)CC1. The molecule has 0 atom stereocenters. The highest BCUT2D eigenvalue weighted by atomic mass is 35.5. The van der Waals surface area contributed by atoms with Crippen LogP contribution in [0.5, 0.6) is 11.5 Å². The topological polar surface area (TPSA) is 35.5 Å². The van der Waals surface area contributed by atoms with Crippen molar-refractivity contribution in [2.45, 2.75) is 32.6 Å². The lowest BCUT2D eigenvalue weighted by Gasteiger charge is -2.26. The number of hydrogen-bond donors (Lipinski definition) is 0. The predicted molar refractivity (Wildman–Crippen MR) is 99.4 cm³/mol. The molecule has 1 aliphatic rings. The van der Waals surface area contributed by atoms with E-state index in [0.717, 1.165) is 18.8 Å². The molecule has 0 saturated heterocycles. The van der Waals surface area contributed by atoms with Gasteiger partial charge in [-0.2, -0.15) is 0 Å². The zero-order valence-corrected chi connectivity index (χ0v) is 15.5. The van der Waals surface area contributed by atoms with Crippen molar-refractivity contribution in [3.05, 3.63) is 58.9 Å². The van der Waals surface area contributed by atoms with Crippen molar-refractivity contribution in [2.75, 3.05) is 6.61 Å². The first-order valence-electron chi connectivity index (χ1n) is 8.92. The molecule has 3 rings (SSSR count). The van der Waals surface area contributed by atoms with Gasteiger partial charge in [0.05, 0.1) is 12.2 Å². The minimum absolute atomic E-state index is 0.160. The second-order valence-corrected chi connectivity index (χ2v) is 7.26. The van der Waals surface area contributed by atoms with Crippen molar-refractivity contribution in [1.29, 1.82) is 0 Å². The van der Waals surface area contributed by atoms with Gasteiger partial charge in [-0.25, -0.2) is 9.18 Å². The van der Waals surface area contributed by atoms with Gasteiger partial charge in [-0.05, 0) is 48.9 Å². The third-order valence-corrected chi connectivity index (χ3v) is 5.19. The molecule has 5 heteroatoms. The number of carbonyl (C=O) groups excluding carboxylic acids is 1. The van der Waals surface area contributed by atoms with E-state index in [9.17, 15) is 9.18 Å². The number of benzene rings is 2. The van der Waals surface area contributed by atoms with Gasteiger partial charge in [-0.1, -0.05) is 49.6 Å². The van der Waals surface area contributed by atoms with E-state index in [2.05, 4.69) is 6.92 Å². The molecule has 0 bridgehead atoms. The fraction of sp³-hybridized carbons (Fsp3) is 0.381. The van der Waals surface area contributed by atoms with Crippen LogP contribution in [0.1, 0.15) is 43.0 Å². The van der Waals surface area contributed by atoms with E-state index >= 15 is 0 Å². The quantitative estimate of drug-likeness (QED) is 0.481. The fourth-order valence-corrected chi connectivity index (χ4v) is 3.35. The van der Waals surface area contributed by atoms with Crippen LogP contribution in [0.4, 0.5) is 4.39 Å². The number of esters is 1. The van der Waals surface area contributed by atoms with Crippen molar-refractivity contribution in [1.82, 2.24) is 0 Å². The predicted octanol–water partition coefficient (Wildman–Crippen LogP) is 5.90. The van der Waals surface area contributed by atoms with Gasteiger partial charge in [0.15, 0.2) is 11.6 Å². The summed E-state index contributed by atoms with van der Waals surface area (Å²) in [4.78, 5) is 12.1. The van der Waals surface area contributed by atoms with E-state index in [1.165, 1.54) is 18.9 Å². The maximum absolute atomic E-state index is 14.5. The Balaban J connectivity index is 1.63. The lowest BCUT2D eigenvalue weighted by molar-refractivity contribution is 0.0727. The number of ether oxygens (including phenoxy) is 2. The van der Waals surface area contributed by atoms with E-state index in [4.69, 9.17) is 21.1 Å². The fourth-order valence-electron chi connectivity index (χ4n) is 3.14. The van der Waals surface area contributed by atoms with Gasteiger partial charge in [0, 0.05) is 0 Å². The van der Waals surface area contributed by atoms with Gasteiger partial charge in [0.2, 0.25) is 0 Å². The highest BCUT2D eigenvalue weighted by molar-refractivity contribution is 6.32. The first kappa shape index (κ1) is 18.7. The summed E-state index contributed by atoms with van der Waals surface area (Å²) in [7, 11) is 0. The molecule has 26 heavy (non-hydrogen) atoms. The van der Waals surface area contributed by atoms with Gasteiger partial charge >= 0.3 is 5.97 Å². The molecule has 138 valence electrons. The monoisotopic (exact) mass is 376 g/mol. The maximum atomic E-state index is 14.5. The van der Waals surface area contributed by atoms with E-state index in [-0.39, 0.29) is 16.5 Å². The Labute approximate surface area is 158 Å². The van der Waals surface area contributed by atoms with Gasteiger partial charge in [0.25, 0.3) is 0 Å². The highest BCUT2D eigenvalue weighted by Crippen LogP contribution is 2.35. The van der Waals surface area contributed by atoms with Crippen LogP contribution in [-0.4, -0.2) is 12.6 Å². The summed E-state index contributed by atoms with van der Waals surface area (Å²) in [6.07, 6.45) is 4.64. The second-order valence-electron chi connectivity index (χ2n) is 6.88. The summed E-state index contributed by atoms with van der Waals surface area (Å²) in [5.41, 5.74) is 0.342. The average Bonchev–Trinajstić information content (AvgIpc) is 2.67. The van der Waals surface area contributed by atoms with Gasteiger partial charge in [-0.15, -0.1) is 0 Å². The zero-order valence-electron chi connectivity index (χ0n) is 14.7. The highest BCUT2D eigenvalue weighted by Gasteiger charge is 2.21. The molecule has 0 radical (unpaired) electrons. The normalized spacial score (nSPS) is 19.8. The summed E-state index contributed by atoms with van der Waals surface area (Å²) in [6.45, 7) is 2.79. The summed E-state index contributed by atoms with van der Waals surface area (Å²) in [5, 5.41) is -0.160. The average molecular weight is 377 g/mol. The molecule has 1 saturated carbocycles. The first-order valence-corrected chi connectivity index (χ1v) is 9.30. The minimum Gasteiger partial charge on any atom is -0.492 e. The molecule has 0 aromatic heterocycles. The Hall–Kier alpha value is -2.07. The molecule has 0 amide bonds. The van der Waals surface area contributed by atoms with Crippen LogP contribution in [-0.2, 0) is 0 Å². The molecular formula is C21H22ClFO3. The minimum atomic E-state index is -0.786. The van der Waals surface area contributed by atoms with Crippen LogP contribution in [0.15, 0.2) is 42.5 Å². The van der Waals surface area contributed by atoms with Gasteiger partial charge in [0.1, 0.15) is 10.8 Å². The lowest BCUT2D eigenvalue weighted by Crippen LogP contribution is -2.19. The van der Waals surface area contributed by atoms with Crippen LogP contribution in [0.25, 0.3) is 0 Å². The van der Waals surface area contributed by atoms with E-state index < -0.39 is 11.8 Å². The second kappa shape index (κ2) is 8.54. The third kappa shape index (κ3) is 4.55. The number of halogens is 2. The van der Waals surface area contributed by atoms with E-state index in [1.807, 2.05) is 0 Å². The standard InChI is InChI=1S/C21H22ClFO3/c1-14-7-9-15(10-8-14)13-25-17-11-12-18(20(23)19(17)22)26-21(24)16-5-3-2-4-6-16/h2-6,11-12,14-15H,7-10,13H2,1H3. The van der Waals surface area contributed by atoms with Crippen LogP contribution in [0, 0.1) is 17.7 Å². The van der Waals surface area contributed by atoms with Crippen LogP contribution >= 0.6 is 11.6 Å². The smallest absolute Gasteiger partial charge is 0.343 e. The van der Waals surface area contributed by atoms with Crippen molar-refractivity contribution < 1.29 is 18.7 Å². The van der Waals surface area contributed by atoms with Crippen molar-refractivity contribution in [2.24, 2.45) is 11.8 Å². The molecular weight excluding hydrogens is 355 g/mol. The molecule has 3 nitrogen and oxygen atoms in total. The van der Waals surface area contributed by atoms with Crippen molar-refractivity contribution in [3.63, 3.8) is 0 Å². The molecule has 0 heterocycles. The maximum Gasteiger partial charge on any atom is 0.343 e. The summed E-state index contributed by atoms with van der Waals surface area (Å²) >= 11 is 6.08. The Morgan fingerprint density at radius 2 is 1.73 bits per heavy atom. The number of hydrogen-bond acceptors (Lipinski definition) is 3. The van der Waals surface area contributed by atoms with Crippen LogP contribution in [0.3, 0.4) is 0 Å². The van der Waals surface area contributed by atoms with Crippen molar-refractivity contribution in [3.8, 4) is 11.5 Å². The Morgan fingerprint density at radius 3 is 2.42 bits per heavy atom. The zero-order chi connectivity index (χ0) is 18.5. The van der Waals surface area contributed by atoms with Crippen LogP contribution < -0.4 is 9.47 Å². The summed E-state index contributed by atoms with van der Waals surface area (Å²) in [5.74, 6) is -0.104. The summed E-state index contributed by atoms with van der Waals surface area (Å²) in [6, 6.07) is 11.3. The summed E-state index contributed by atoms with van der Waals surface area (Å²) < 4.78 is 25.3. The van der Waals surface area contributed by atoms with E-state index in [1.54, 1.807) is 36.4 Å². The Bertz CT molecular complexity index is 755. The number of rotatable bonds is 5. The largest absolute Gasteiger partial charge is 0.492 e. The molecule has 0 N–H and O–H groups in total. The lowest BCUT2D eigenvalue weighted by atomic mass is 9.83. The number of carbonyl (C=O) groups is 1. The first-order chi connectivity index (χ1) is 12.5. The van der Waals surface area contributed by atoms with Gasteiger partial charge < -0.3 is 9.47 Å². The molecule has 2 aromatic carbocycles. The van der Waals surface area contributed by atoms with Crippen LogP contribution in [0.2, 0.25) is 5.02 Å². The molecule has 0 aliphatic heterocycles. The van der Waals surface area contributed by atoms with Crippen molar-refractivity contribution >= 4 is 17.6 Å². The molecule has 2 aromatic rings. The molecule has 0 spiro atoms. The van der Waals surface area contributed by atoms with E-state index in [0.29, 0.717) is 18.1 Å². The Morgan fingerprint density at radius 1 is 1.08 bits per heavy atom. The Kier molecular flexibility index (Phi) is 6.15. The third-order valence-electron chi connectivity index (χ3n) is 4.83. The molecule has 1 fully saturated rings. The van der Waals surface area contributed by atoms with Gasteiger partial charge in [-0.3, -0.25) is 0 Å². The molecule has 0 unspecified atom stereocenters.